The molecule has 2 aliphatic rings. The van der Waals surface area contributed by atoms with Gasteiger partial charge in [-0.1, -0.05) is 26.8 Å². The van der Waals surface area contributed by atoms with Crippen LogP contribution < -0.4 is 5.11 Å². The average molecular weight is 223 g/mol. The van der Waals surface area contributed by atoms with Crippen molar-refractivity contribution in [2.24, 2.45) is 16.7 Å². The van der Waals surface area contributed by atoms with Gasteiger partial charge in [0.1, 0.15) is 0 Å². The number of hydrogen-bond acceptors (Lipinski definition) is 3. The number of hydrogen-bond donors (Lipinski definition) is 1. The number of carbonyl (C=O) groups excluding carboxylic acids is 1. The third-order valence-corrected chi connectivity index (χ3v) is 5.12. The number of carbonyl (C=O) groups is 1. The summed E-state index contributed by atoms with van der Waals surface area (Å²) < 4.78 is 0. The highest BCUT2D eigenvalue weighted by Crippen LogP contribution is 2.67. The Morgan fingerprint density at radius 2 is 2.19 bits per heavy atom. The molecule has 0 spiro atoms. The molecule has 90 valence electrons. The van der Waals surface area contributed by atoms with E-state index >= 15 is 0 Å². The lowest BCUT2D eigenvalue weighted by atomic mass is 9.70. The summed E-state index contributed by atoms with van der Waals surface area (Å²) in [5, 5.41) is 20.8. The molecule has 3 nitrogen and oxygen atoms in total. The van der Waals surface area contributed by atoms with Gasteiger partial charge in [-0.25, -0.2) is 0 Å². The van der Waals surface area contributed by atoms with Gasteiger partial charge in [-0.05, 0) is 29.7 Å². The van der Waals surface area contributed by atoms with Gasteiger partial charge in [0.2, 0.25) is 0 Å². The molecule has 0 aromatic rings. The summed E-state index contributed by atoms with van der Waals surface area (Å²) in [5.41, 5.74) is 0.877. The molecular weight excluding hydrogens is 204 g/mol. The molecular formula is C13H19O3-. The summed E-state index contributed by atoms with van der Waals surface area (Å²) >= 11 is 0. The molecule has 0 unspecified atom stereocenters. The summed E-state index contributed by atoms with van der Waals surface area (Å²) in [6.45, 7) is 6.46. The van der Waals surface area contributed by atoms with E-state index in [9.17, 15) is 15.0 Å². The maximum atomic E-state index is 10.5. The highest BCUT2D eigenvalue weighted by molar-refractivity contribution is 5.66. The van der Waals surface area contributed by atoms with Crippen molar-refractivity contribution in [1.29, 1.82) is 0 Å². The molecule has 2 fully saturated rings. The van der Waals surface area contributed by atoms with Gasteiger partial charge in [0.05, 0.1) is 6.10 Å². The molecule has 0 amide bonds. The van der Waals surface area contributed by atoms with Crippen LogP contribution in [0.3, 0.4) is 0 Å². The summed E-state index contributed by atoms with van der Waals surface area (Å²) in [6, 6.07) is 0. The zero-order chi connectivity index (χ0) is 12.1. The molecule has 2 aliphatic carbocycles. The van der Waals surface area contributed by atoms with E-state index in [-0.39, 0.29) is 17.3 Å². The molecule has 1 N–H and O–H groups in total. The second-order valence-electron chi connectivity index (χ2n) is 5.91. The summed E-state index contributed by atoms with van der Waals surface area (Å²) in [7, 11) is 0. The van der Waals surface area contributed by atoms with Crippen LogP contribution in [0.25, 0.3) is 0 Å². The predicted octanol–water partition coefficient (Wildman–Crippen LogP) is 0.870. The molecule has 0 aliphatic heterocycles. The van der Waals surface area contributed by atoms with E-state index in [1.54, 1.807) is 6.08 Å². The van der Waals surface area contributed by atoms with Crippen molar-refractivity contribution in [2.45, 2.75) is 46.1 Å². The Labute approximate surface area is 96.2 Å². The van der Waals surface area contributed by atoms with Gasteiger partial charge in [0, 0.05) is 17.8 Å². The molecule has 2 saturated carbocycles. The van der Waals surface area contributed by atoms with Gasteiger partial charge < -0.3 is 15.0 Å². The Hall–Kier alpha value is -0.830. The monoisotopic (exact) mass is 223 g/mol. The number of aliphatic hydroxyl groups excluding tert-OH is 1. The van der Waals surface area contributed by atoms with E-state index in [0.717, 1.165) is 18.4 Å². The fraction of sp³-hybridized carbons (Fsp3) is 0.769. The molecule has 0 aromatic heterocycles. The third-order valence-electron chi connectivity index (χ3n) is 5.12. The SMILES string of the molecule is CC1(C)[C@H]2CC[C@]1(C)[C@H](O)/C2=C\CC(=O)[O-]. The van der Waals surface area contributed by atoms with Crippen molar-refractivity contribution >= 4 is 5.97 Å². The predicted molar refractivity (Wildman–Crippen MR) is 58.3 cm³/mol. The van der Waals surface area contributed by atoms with E-state index in [0.29, 0.717) is 5.92 Å². The van der Waals surface area contributed by atoms with Crippen LogP contribution in [-0.2, 0) is 4.79 Å². The van der Waals surface area contributed by atoms with Gasteiger partial charge in [0.15, 0.2) is 0 Å². The lowest BCUT2D eigenvalue weighted by molar-refractivity contribution is -0.304. The molecule has 0 radical (unpaired) electrons. The first-order valence-electron chi connectivity index (χ1n) is 5.88. The molecule has 0 heterocycles. The van der Waals surface area contributed by atoms with Gasteiger partial charge in [-0.2, -0.15) is 0 Å². The van der Waals surface area contributed by atoms with Crippen molar-refractivity contribution in [2.75, 3.05) is 0 Å². The van der Waals surface area contributed by atoms with Crippen molar-refractivity contribution < 1.29 is 15.0 Å². The second kappa shape index (κ2) is 3.33. The minimum Gasteiger partial charge on any atom is -0.550 e. The third kappa shape index (κ3) is 1.27. The van der Waals surface area contributed by atoms with Crippen molar-refractivity contribution in [3.63, 3.8) is 0 Å². The minimum absolute atomic E-state index is 0.0597. The lowest BCUT2D eigenvalue weighted by Crippen LogP contribution is -2.35. The maximum absolute atomic E-state index is 10.5. The average Bonchev–Trinajstić information content (AvgIpc) is 2.47. The molecule has 0 aromatic carbocycles. The number of carboxylic acids is 1. The van der Waals surface area contributed by atoms with E-state index in [4.69, 9.17) is 0 Å². The fourth-order valence-corrected chi connectivity index (χ4v) is 3.61. The van der Waals surface area contributed by atoms with Gasteiger partial charge in [-0.15, -0.1) is 0 Å². The second-order valence-corrected chi connectivity index (χ2v) is 5.91. The number of aliphatic hydroxyl groups is 1. The largest absolute Gasteiger partial charge is 0.550 e. The van der Waals surface area contributed by atoms with E-state index in [1.165, 1.54) is 0 Å². The quantitative estimate of drug-likeness (QED) is 0.707. The van der Waals surface area contributed by atoms with E-state index in [1.807, 2.05) is 0 Å². The van der Waals surface area contributed by atoms with Crippen LogP contribution >= 0.6 is 0 Å². The first-order valence-corrected chi connectivity index (χ1v) is 5.88. The molecule has 0 saturated heterocycles. The minimum atomic E-state index is -1.08. The van der Waals surface area contributed by atoms with Crippen LogP contribution in [-0.4, -0.2) is 17.2 Å². The summed E-state index contributed by atoms with van der Waals surface area (Å²) in [4.78, 5) is 10.5. The summed E-state index contributed by atoms with van der Waals surface area (Å²) in [5.74, 6) is -0.753. The van der Waals surface area contributed by atoms with Crippen LogP contribution in [0.4, 0.5) is 0 Å². The van der Waals surface area contributed by atoms with Crippen LogP contribution in [0.15, 0.2) is 11.6 Å². The molecule has 2 rings (SSSR count). The first-order chi connectivity index (χ1) is 7.30. The Bertz CT molecular complexity index is 356. The molecule has 2 bridgehead atoms. The Kier molecular flexibility index (Phi) is 2.42. The van der Waals surface area contributed by atoms with Crippen LogP contribution in [0, 0.1) is 16.7 Å². The Morgan fingerprint density at radius 1 is 1.56 bits per heavy atom. The summed E-state index contributed by atoms with van der Waals surface area (Å²) in [6.07, 6.45) is 3.17. The number of rotatable bonds is 2. The molecule has 16 heavy (non-hydrogen) atoms. The number of carboxylic acid groups (broad SMARTS) is 1. The Morgan fingerprint density at radius 3 is 2.62 bits per heavy atom. The van der Waals surface area contributed by atoms with Crippen LogP contribution in [0.1, 0.15) is 40.0 Å². The normalized spacial score (nSPS) is 42.9. The maximum Gasteiger partial charge on any atom is 0.0811 e. The van der Waals surface area contributed by atoms with Gasteiger partial charge >= 0.3 is 0 Å². The number of fused-ring (bicyclic) bond motifs is 2. The standard InChI is InChI=1S/C13H20O3/c1-12(2)9-6-7-13(12,3)11(16)8(9)4-5-10(14)15/h4,9,11,16H,5-7H2,1-3H3,(H,14,15)/p-1/b8-4-/t9-,11+,13+/m0/s1. The lowest BCUT2D eigenvalue weighted by Gasteiger charge is -2.36. The zero-order valence-corrected chi connectivity index (χ0v) is 10.1. The first kappa shape index (κ1) is 11.6. The van der Waals surface area contributed by atoms with E-state index in [2.05, 4.69) is 20.8 Å². The molecule has 3 atom stereocenters. The number of aliphatic carboxylic acids is 1. The van der Waals surface area contributed by atoms with Gasteiger partial charge in [0.25, 0.3) is 0 Å². The van der Waals surface area contributed by atoms with Crippen molar-refractivity contribution in [1.82, 2.24) is 0 Å². The highest BCUT2D eigenvalue weighted by atomic mass is 16.4. The van der Waals surface area contributed by atoms with Crippen molar-refractivity contribution in [3.8, 4) is 0 Å². The Balaban J connectivity index is 2.33. The van der Waals surface area contributed by atoms with Gasteiger partial charge in [-0.3, -0.25) is 0 Å². The van der Waals surface area contributed by atoms with Crippen molar-refractivity contribution in [3.05, 3.63) is 11.6 Å². The highest BCUT2D eigenvalue weighted by Gasteiger charge is 2.63. The fourth-order valence-electron chi connectivity index (χ4n) is 3.61. The zero-order valence-electron chi connectivity index (χ0n) is 10.1. The smallest absolute Gasteiger partial charge is 0.0811 e. The molecule has 3 heteroatoms. The van der Waals surface area contributed by atoms with E-state index < -0.39 is 12.1 Å². The topological polar surface area (TPSA) is 60.4 Å². The van der Waals surface area contributed by atoms with Crippen LogP contribution in [0.5, 0.6) is 0 Å². The van der Waals surface area contributed by atoms with Crippen LogP contribution in [0.2, 0.25) is 0 Å².